The monoisotopic (exact) mass is 564 g/mol. The Kier molecular flexibility index (Phi) is 5.07. The lowest BCUT2D eigenvalue weighted by atomic mass is 9.88. The van der Waals surface area contributed by atoms with Crippen LogP contribution in [0.5, 0.6) is 0 Å². The van der Waals surface area contributed by atoms with Crippen molar-refractivity contribution in [2.24, 2.45) is 0 Å². The standard InChI is InChI=1S/C26H15Br3/c27-18-9-5-16(6-10-18)25(17-7-11-19(28)12-8-17)26-23-4-2-1-3-21(23)22-14-13-20(29)15-24(22)26/h1-15H. The Labute approximate surface area is 195 Å². The first-order chi connectivity index (χ1) is 14.1. The Morgan fingerprint density at radius 3 is 1.52 bits per heavy atom. The minimum Gasteiger partial charge on any atom is -0.0616 e. The number of benzene rings is 4. The summed E-state index contributed by atoms with van der Waals surface area (Å²) in [5, 5.41) is 0. The first-order valence-corrected chi connectivity index (χ1v) is 11.7. The lowest BCUT2D eigenvalue weighted by molar-refractivity contribution is 1.51. The maximum absolute atomic E-state index is 3.68. The van der Waals surface area contributed by atoms with E-state index in [0.717, 1.165) is 13.4 Å². The first-order valence-electron chi connectivity index (χ1n) is 9.28. The molecule has 0 saturated heterocycles. The van der Waals surface area contributed by atoms with Crippen molar-refractivity contribution in [2.45, 2.75) is 0 Å². The SMILES string of the molecule is Brc1ccc(C(=C2c3ccccc3-c3ccc(Br)cc32)c2ccc(Br)cc2)cc1. The van der Waals surface area contributed by atoms with Crippen LogP contribution >= 0.6 is 47.8 Å². The fraction of sp³-hybridized carbons (Fsp3) is 0. The van der Waals surface area contributed by atoms with Crippen LogP contribution < -0.4 is 0 Å². The molecule has 1 aliphatic rings. The molecule has 0 saturated carbocycles. The molecule has 4 aromatic rings. The third-order valence-corrected chi connectivity index (χ3v) is 6.80. The predicted molar refractivity (Wildman–Crippen MR) is 133 cm³/mol. The van der Waals surface area contributed by atoms with E-state index in [-0.39, 0.29) is 0 Å². The summed E-state index contributed by atoms with van der Waals surface area (Å²) < 4.78 is 3.25. The van der Waals surface area contributed by atoms with E-state index in [4.69, 9.17) is 0 Å². The molecule has 0 aliphatic heterocycles. The highest BCUT2D eigenvalue weighted by molar-refractivity contribution is 9.11. The maximum atomic E-state index is 3.68. The summed E-state index contributed by atoms with van der Waals surface area (Å²) in [5.74, 6) is 0. The van der Waals surface area contributed by atoms with Crippen molar-refractivity contribution < 1.29 is 0 Å². The third kappa shape index (κ3) is 3.46. The van der Waals surface area contributed by atoms with Gasteiger partial charge in [0.25, 0.3) is 0 Å². The number of hydrogen-bond acceptors (Lipinski definition) is 0. The van der Waals surface area contributed by atoms with E-state index in [9.17, 15) is 0 Å². The van der Waals surface area contributed by atoms with Crippen LogP contribution in [0.2, 0.25) is 0 Å². The zero-order chi connectivity index (χ0) is 20.0. The zero-order valence-electron chi connectivity index (χ0n) is 15.3. The van der Waals surface area contributed by atoms with E-state index in [2.05, 4.69) is 139 Å². The van der Waals surface area contributed by atoms with Crippen molar-refractivity contribution in [2.75, 3.05) is 0 Å². The normalized spacial score (nSPS) is 11.9. The van der Waals surface area contributed by atoms with Gasteiger partial charge in [-0.3, -0.25) is 0 Å². The zero-order valence-corrected chi connectivity index (χ0v) is 20.1. The van der Waals surface area contributed by atoms with Gasteiger partial charge in [0.2, 0.25) is 0 Å². The van der Waals surface area contributed by atoms with Gasteiger partial charge in [-0.15, -0.1) is 0 Å². The minimum atomic E-state index is 1.08. The summed E-state index contributed by atoms with van der Waals surface area (Å²) in [6.07, 6.45) is 0. The highest BCUT2D eigenvalue weighted by atomic mass is 79.9. The van der Waals surface area contributed by atoms with Crippen LogP contribution in [0.1, 0.15) is 22.3 Å². The first kappa shape index (κ1) is 19.0. The Morgan fingerprint density at radius 2 is 0.931 bits per heavy atom. The van der Waals surface area contributed by atoms with Gasteiger partial charge in [0.05, 0.1) is 0 Å². The Hall–Kier alpha value is -1.94. The molecule has 1 aliphatic carbocycles. The van der Waals surface area contributed by atoms with Gasteiger partial charge in [-0.1, -0.05) is 102 Å². The van der Waals surface area contributed by atoms with E-state index in [1.54, 1.807) is 0 Å². The van der Waals surface area contributed by atoms with Crippen molar-refractivity contribution in [3.8, 4) is 11.1 Å². The predicted octanol–water partition coefficient (Wildman–Crippen LogP) is 8.96. The fourth-order valence-electron chi connectivity index (χ4n) is 4.00. The maximum Gasteiger partial charge on any atom is 0.0181 e. The van der Waals surface area contributed by atoms with Crippen LogP contribution in [-0.2, 0) is 0 Å². The molecule has 0 amide bonds. The molecule has 5 rings (SSSR count). The molecule has 0 spiro atoms. The molecule has 29 heavy (non-hydrogen) atoms. The van der Waals surface area contributed by atoms with Gasteiger partial charge in [0.15, 0.2) is 0 Å². The molecule has 0 radical (unpaired) electrons. The van der Waals surface area contributed by atoms with Crippen molar-refractivity contribution in [1.29, 1.82) is 0 Å². The number of fused-ring (bicyclic) bond motifs is 3. The minimum absolute atomic E-state index is 1.08. The van der Waals surface area contributed by atoms with Crippen LogP contribution in [0.25, 0.3) is 22.3 Å². The van der Waals surface area contributed by atoms with Crippen LogP contribution in [-0.4, -0.2) is 0 Å². The van der Waals surface area contributed by atoms with E-state index in [1.165, 1.54) is 44.5 Å². The third-order valence-electron chi connectivity index (χ3n) is 5.25. The molecule has 0 unspecified atom stereocenters. The summed E-state index contributed by atoms with van der Waals surface area (Å²) in [5.41, 5.74) is 10.0. The largest absolute Gasteiger partial charge is 0.0616 e. The van der Waals surface area contributed by atoms with Gasteiger partial charge >= 0.3 is 0 Å². The van der Waals surface area contributed by atoms with Crippen molar-refractivity contribution in [3.05, 3.63) is 127 Å². The van der Waals surface area contributed by atoms with Gasteiger partial charge in [-0.2, -0.15) is 0 Å². The van der Waals surface area contributed by atoms with Gasteiger partial charge in [0, 0.05) is 13.4 Å². The quantitative estimate of drug-likeness (QED) is 0.200. The molecular weight excluding hydrogens is 552 g/mol. The molecule has 0 nitrogen and oxygen atoms in total. The molecule has 0 atom stereocenters. The molecule has 140 valence electrons. The van der Waals surface area contributed by atoms with Gasteiger partial charge in [-0.25, -0.2) is 0 Å². The van der Waals surface area contributed by atoms with Crippen LogP contribution in [0.15, 0.2) is 104 Å². The van der Waals surface area contributed by atoms with Crippen LogP contribution in [0, 0.1) is 0 Å². The molecule has 4 aromatic carbocycles. The van der Waals surface area contributed by atoms with Crippen LogP contribution in [0.4, 0.5) is 0 Å². The Balaban J connectivity index is 1.91. The molecule has 0 fully saturated rings. The smallest absolute Gasteiger partial charge is 0.0181 e. The highest BCUT2D eigenvalue weighted by Crippen LogP contribution is 2.49. The van der Waals surface area contributed by atoms with Crippen molar-refractivity contribution in [3.63, 3.8) is 0 Å². The number of hydrogen-bond donors (Lipinski definition) is 0. The van der Waals surface area contributed by atoms with E-state index in [1.807, 2.05) is 0 Å². The molecule has 0 N–H and O–H groups in total. The summed E-state index contributed by atoms with van der Waals surface area (Å²) in [7, 11) is 0. The van der Waals surface area contributed by atoms with Gasteiger partial charge < -0.3 is 0 Å². The second kappa shape index (κ2) is 7.71. The average molecular weight is 567 g/mol. The Bertz CT molecular complexity index is 1200. The lowest BCUT2D eigenvalue weighted by Gasteiger charge is -2.15. The van der Waals surface area contributed by atoms with Crippen LogP contribution in [0.3, 0.4) is 0 Å². The van der Waals surface area contributed by atoms with Gasteiger partial charge in [-0.05, 0) is 80.9 Å². The van der Waals surface area contributed by atoms with E-state index in [0.29, 0.717) is 0 Å². The number of halogens is 3. The Morgan fingerprint density at radius 1 is 0.448 bits per heavy atom. The summed E-state index contributed by atoms with van der Waals surface area (Å²) in [6, 6.07) is 32.5. The molecule has 3 heteroatoms. The second-order valence-corrected chi connectivity index (χ2v) is 9.75. The summed E-state index contributed by atoms with van der Waals surface area (Å²) in [4.78, 5) is 0. The second-order valence-electron chi connectivity index (χ2n) is 7.00. The van der Waals surface area contributed by atoms with E-state index >= 15 is 0 Å². The van der Waals surface area contributed by atoms with Crippen molar-refractivity contribution >= 4 is 58.9 Å². The van der Waals surface area contributed by atoms with Gasteiger partial charge in [0.1, 0.15) is 0 Å². The number of rotatable bonds is 2. The molecular formula is C26H15Br3. The van der Waals surface area contributed by atoms with E-state index < -0.39 is 0 Å². The lowest BCUT2D eigenvalue weighted by Crippen LogP contribution is -1.95. The fourth-order valence-corrected chi connectivity index (χ4v) is 4.89. The van der Waals surface area contributed by atoms with Crippen molar-refractivity contribution in [1.82, 2.24) is 0 Å². The summed E-state index contributed by atoms with van der Waals surface area (Å²) >= 11 is 10.8. The molecule has 0 bridgehead atoms. The highest BCUT2D eigenvalue weighted by Gasteiger charge is 2.27. The summed E-state index contributed by atoms with van der Waals surface area (Å²) in [6.45, 7) is 0. The molecule has 0 aromatic heterocycles. The topological polar surface area (TPSA) is 0 Å². The molecule has 0 heterocycles. The average Bonchev–Trinajstić information content (AvgIpc) is 3.04.